The second-order valence-electron chi connectivity index (χ2n) is 7.12. The fourth-order valence-corrected chi connectivity index (χ4v) is 3.38. The summed E-state index contributed by atoms with van der Waals surface area (Å²) < 4.78 is 33.3. The number of nitrogens with one attached hydrogen (secondary N) is 1. The highest BCUT2D eigenvalue weighted by molar-refractivity contribution is 6.10. The maximum atomic E-state index is 13.5. The number of carbonyl (C=O) groups is 2. The Hall–Kier alpha value is -4.40. The minimum atomic E-state index is -1.10. The number of anilines is 1. The number of carbonyl (C=O) groups excluding carboxylic acids is 2. The van der Waals surface area contributed by atoms with Gasteiger partial charge in [-0.25, -0.2) is 8.78 Å². The van der Waals surface area contributed by atoms with E-state index in [0.29, 0.717) is 11.3 Å². The van der Waals surface area contributed by atoms with Crippen molar-refractivity contribution in [2.45, 2.75) is 6.54 Å². The van der Waals surface area contributed by atoms with Crippen LogP contribution in [0.1, 0.15) is 15.9 Å². The predicted molar refractivity (Wildman–Crippen MR) is 117 cm³/mol. The Morgan fingerprint density at radius 2 is 1.79 bits per heavy atom. The number of aromatic nitrogens is 2. The van der Waals surface area contributed by atoms with Crippen LogP contribution in [0.15, 0.2) is 71.9 Å². The molecule has 0 bridgehead atoms. The lowest BCUT2D eigenvalue weighted by Crippen LogP contribution is -2.24. The number of rotatable bonds is 6. The molecule has 0 saturated heterocycles. The van der Waals surface area contributed by atoms with E-state index >= 15 is 0 Å². The van der Waals surface area contributed by atoms with Gasteiger partial charge in [0.15, 0.2) is 17.4 Å². The van der Waals surface area contributed by atoms with Gasteiger partial charge in [-0.15, -0.1) is 0 Å². The van der Waals surface area contributed by atoms with Crippen molar-refractivity contribution in [1.82, 2.24) is 9.55 Å². The van der Waals surface area contributed by atoms with Crippen molar-refractivity contribution in [1.29, 1.82) is 0 Å². The molecule has 2 aromatic heterocycles. The number of ether oxygens (including phenoxy) is 1. The zero-order chi connectivity index (χ0) is 23.5. The smallest absolute Gasteiger partial charge is 0.244 e. The first-order valence-electron chi connectivity index (χ1n) is 9.78. The van der Waals surface area contributed by atoms with Crippen LogP contribution in [0, 0.1) is 11.6 Å². The van der Waals surface area contributed by atoms with Crippen LogP contribution in [0.25, 0.3) is 10.9 Å². The van der Waals surface area contributed by atoms with Crippen molar-refractivity contribution < 1.29 is 23.1 Å². The van der Waals surface area contributed by atoms with Crippen molar-refractivity contribution in [2.24, 2.45) is 0 Å². The Labute approximate surface area is 186 Å². The summed E-state index contributed by atoms with van der Waals surface area (Å²) >= 11 is 0. The van der Waals surface area contributed by atoms with Crippen LogP contribution in [-0.4, -0.2) is 28.4 Å². The molecule has 0 saturated carbocycles. The first-order chi connectivity index (χ1) is 15.9. The van der Waals surface area contributed by atoms with Crippen molar-refractivity contribution in [3.63, 3.8) is 0 Å². The van der Waals surface area contributed by atoms with Crippen LogP contribution < -0.4 is 15.5 Å². The van der Waals surface area contributed by atoms with E-state index in [1.807, 2.05) is 0 Å². The fourth-order valence-electron chi connectivity index (χ4n) is 3.38. The van der Waals surface area contributed by atoms with Crippen molar-refractivity contribution >= 4 is 28.3 Å². The van der Waals surface area contributed by atoms with Gasteiger partial charge in [0, 0.05) is 35.9 Å². The Morgan fingerprint density at radius 3 is 2.48 bits per heavy atom. The molecule has 2 aromatic carbocycles. The minimum Gasteiger partial charge on any atom is -0.497 e. The van der Waals surface area contributed by atoms with E-state index < -0.39 is 28.8 Å². The molecular weight excluding hydrogens is 432 g/mol. The Kier molecular flexibility index (Phi) is 5.95. The Balaban J connectivity index is 1.76. The topological polar surface area (TPSA) is 90.3 Å². The van der Waals surface area contributed by atoms with E-state index in [-0.39, 0.29) is 28.7 Å². The molecule has 0 fully saturated rings. The zero-order valence-electron chi connectivity index (χ0n) is 17.3. The molecule has 0 aliphatic rings. The molecule has 9 heteroatoms. The monoisotopic (exact) mass is 449 g/mol. The van der Waals surface area contributed by atoms with Gasteiger partial charge in [0.2, 0.25) is 11.3 Å². The number of halogens is 2. The summed E-state index contributed by atoms with van der Waals surface area (Å²) in [7, 11) is 1.45. The molecule has 166 valence electrons. The lowest BCUT2D eigenvalue weighted by molar-refractivity contribution is -0.116. The lowest BCUT2D eigenvalue weighted by Gasteiger charge is -2.14. The fraction of sp³-hybridized carbons (Fsp3) is 0.0833. The van der Waals surface area contributed by atoms with Gasteiger partial charge in [-0.3, -0.25) is 19.4 Å². The third-order valence-corrected chi connectivity index (χ3v) is 4.99. The van der Waals surface area contributed by atoms with Gasteiger partial charge in [0.25, 0.3) is 0 Å². The van der Waals surface area contributed by atoms with Crippen LogP contribution in [0.5, 0.6) is 5.75 Å². The number of hydrogen-bond acceptors (Lipinski definition) is 5. The molecule has 7 nitrogen and oxygen atoms in total. The number of nitrogens with zero attached hydrogens (tertiary/aromatic N) is 2. The van der Waals surface area contributed by atoms with E-state index in [9.17, 15) is 23.2 Å². The van der Waals surface area contributed by atoms with Crippen molar-refractivity contribution in [3.8, 4) is 5.75 Å². The number of benzene rings is 2. The number of ketones is 1. The van der Waals surface area contributed by atoms with E-state index in [1.54, 1.807) is 12.1 Å². The standard InChI is InChI=1S/C24H17F2N3O4/c1-33-16-3-5-21-17(11-16)24(32)18(23(31)14-6-8-27-9-7-14)12-29(21)13-22(30)28-15-2-4-19(25)20(26)10-15/h2-12H,13H2,1H3,(H,28,30). The molecule has 0 atom stereocenters. The first-order valence-corrected chi connectivity index (χ1v) is 9.78. The largest absolute Gasteiger partial charge is 0.497 e. The number of fused-ring (bicyclic) bond motifs is 1. The maximum Gasteiger partial charge on any atom is 0.244 e. The summed E-state index contributed by atoms with van der Waals surface area (Å²) in [5, 5.41) is 2.67. The first kappa shape index (κ1) is 21.8. The van der Waals surface area contributed by atoms with Gasteiger partial charge in [-0.05, 0) is 42.5 Å². The Morgan fingerprint density at radius 1 is 1.03 bits per heavy atom. The second-order valence-corrected chi connectivity index (χ2v) is 7.12. The number of hydrogen-bond donors (Lipinski definition) is 1. The second kappa shape index (κ2) is 8.99. The normalized spacial score (nSPS) is 10.8. The van der Waals surface area contributed by atoms with E-state index in [0.717, 1.165) is 12.1 Å². The summed E-state index contributed by atoms with van der Waals surface area (Å²) in [4.78, 5) is 42.6. The van der Waals surface area contributed by atoms with Gasteiger partial charge in [-0.2, -0.15) is 0 Å². The molecule has 33 heavy (non-hydrogen) atoms. The third kappa shape index (κ3) is 4.47. The highest BCUT2D eigenvalue weighted by atomic mass is 19.2. The van der Waals surface area contributed by atoms with Gasteiger partial charge >= 0.3 is 0 Å². The molecule has 0 radical (unpaired) electrons. The molecule has 1 N–H and O–H groups in total. The molecule has 1 amide bonds. The van der Waals surface area contributed by atoms with E-state index in [4.69, 9.17) is 4.74 Å². The maximum absolute atomic E-state index is 13.5. The highest BCUT2D eigenvalue weighted by Gasteiger charge is 2.19. The average molecular weight is 449 g/mol. The van der Waals surface area contributed by atoms with E-state index in [2.05, 4.69) is 10.3 Å². The lowest BCUT2D eigenvalue weighted by atomic mass is 10.0. The number of pyridine rings is 2. The average Bonchev–Trinajstić information content (AvgIpc) is 2.83. The molecule has 4 aromatic rings. The highest BCUT2D eigenvalue weighted by Crippen LogP contribution is 2.21. The summed E-state index contributed by atoms with van der Waals surface area (Å²) in [5.74, 6) is -2.82. The van der Waals surface area contributed by atoms with E-state index in [1.165, 1.54) is 54.5 Å². The molecule has 0 spiro atoms. The number of methoxy groups -OCH3 is 1. The van der Waals surface area contributed by atoms with Gasteiger partial charge in [-0.1, -0.05) is 0 Å². The number of amides is 1. The Bertz CT molecular complexity index is 1440. The molecule has 0 aliphatic heterocycles. The molecule has 2 heterocycles. The van der Waals surface area contributed by atoms with Crippen LogP contribution >= 0.6 is 0 Å². The summed E-state index contributed by atoms with van der Waals surface area (Å²) in [6, 6.07) is 10.7. The van der Waals surface area contributed by atoms with Crippen LogP contribution in [0.3, 0.4) is 0 Å². The molecule has 4 rings (SSSR count). The molecular formula is C24H17F2N3O4. The van der Waals surface area contributed by atoms with Gasteiger partial charge in [0.1, 0.15) is 12.3 Å². The van der Waals surface area contributed by atoms with Gasteiger partial charge in [0.05, 0.1) is 23.6 Å². The molecule has 0 unspecified atom stereocenters. The summed E-state index contributed by atoms with van der Waals surface area (Å²) in [6.45, 7) is -0.293. The van der Waals surface area contributed by atoms with Crippen LogP contribution in [0.2, 0.25) is 0 Å². The predicted octanol–water partition coefficient (Wildman–Crippen LogP) is 3.55. The SMILES string of the molecule is COc1ccc2c(c1)c(=O)c(C(=O)c1ccncc1)cn2CC(=O)Nc1ccc(F)c(F)c1. The van der Waals surface area contributed by atoms with Gasteiger partial charge < -0.3 is 14.6 Å². The van der Waals surface area contributed by atoms with Crippen molar-refractivity contribution in [2.75, 3.05) is 12.4 Å². The van der Waals surface area contributed by atoms with Crippen molar-refractivity contribution in [3.05, 3.63) is 100 Å². The molecule has 0 aliphatic carbocycles. The summed E-state index contributed by atoms with van der Waals surface area (Å²) in [5.41, 5.74) is 0.0826. The zero-order valence-corrected chi connectivity index (χ0v) is 17.3. The van der Waals surface area contributed by atoms with Crippen LogP contribution in [-0.2, 0) is 11.3 Å². The summed E-state index contributed by atoms with van der Waals surface area (Å²) in [6.07, 6.45) is 4.18. The van der Waals surface area contributed by atoms with Crippen LogP contribution in [0.4, 0.5) is 14.5 Å². The minimum absolute atomic E-state index is 0.0685. The third-order valence-electron chi connectivity index (χ3n) is 4.99. The quantitative estimate of drug-likeness (QED) is 0.455.